The molecular formula is C22H28N2O4. The lowest BCUT2D eigenvalue weighted by molar-refractivity contribution is -0.148. The molecule has 28 heavy (non-hydrogen) atoms. The van der Waals surface area contributed by atoms with Crippen LogP contribution in [0.5, 0.6) is 11.5 Å². The second-order valence-electron chi connectivity index (χ2n) is 7.14. The van der Waals surface area contributed by atoms with Gasteiger partial charge in [-0.2, -0.15) is 0 Å². The smallest absolute Gasteiger partial charge is 0.237 e. The highest BCUT2D eigenvalue weighted by Crippen LogP contribution is 2.27. The minimum Gasteiger partial charge on any atom is -0.493 e. The third-order valence-corrected chi connectivity index (χ3v) is 4.61. The first kappa shape index (κ1) is 21.3. The number of carbonyl (C=O) groups excluding carboxylic acids is 2. The van der Waals surface area contributed by atoms with E-state index in [-0.39, 0.29) is 18.4 Å². The van der Waals surface area contributed by atoms with Gasteiger partial charge in [0, 0.05) is 20.1 Å². The van der Waals surface area contributed by atoms with Gasteiger partial charge in [0.1, 0.15) is 5.41 Å². The molecular weight excluding hydrogens is 356 g/mol. The number of hydrogen-bond donors (Lipinski definition) is 1. The molecule has 2 rings (SSSR count). The fraction of sp³-hybridized carbons (Fsp3) is 0.364. The van der Waals surface area contributed by atoms with Crippen LogP contribution < -0.4 is 14.8 Å². The zero-order chi connectivity index (χ0) is 20.7. The van der Waals surface area contributed by atoms with Gasteiger partial charge >= 0.3 is 0 Å². The minimum atomic E-state index is -1.18. The van der Waals surface area contributed by atoms with Crippen LogP contribution in [-0.2, 0) is 22.7 Å². The van der Waals surface area contributed by atoms with Crippen molar-refractivity contribution in [2.24, 2.45) is 5.41 Å². The van der Waals surface area contributed by atoms with Crippen LogP contribution in [0, 0.1) is 5.41 Å². The molecule has 0 heterocycles. The number of benzene rings is 2. The number of nitrogens with zero attached hydrogens (tertiary/aromatic N) is 1. The van der Waals surface area contributed by atoms with E-state index in [4.69, 9.17) is 9.47 Å². The van der Waals surface area contributed by atoms with Gasteiger partial charge in [0.15, 0.2) is 11.5 Å². The van der Waals surface area contributed by atoms with E-state index in [0.717, 1.165) is 11.1 Å². The third-order valence-electron chi connectivity index (χ3n) is 4.61. The van der Waals surface area contributed by atoms with Gasteiger partial charge in [0.05, 0.1) is 14.2 Å². The second kappa shape index (κ2) is 9.26. The Morgan fingerprint density at radius 3 is 2.21 bits per heavy atom. The SMILES string of the molecule is COc1ccc(CNC(=O)C(C)(C)C(=O)N(C)Cc2ccccc2)cc1OC. The lowest BCUT2D eigenvalue weighted by atomic mass is 9.90. The van der Waals surface area contributed by atoms with Crippen LogP contribution in [0.15, 0.2) is 48.5 Å². The number of ether oxygens (including phenoxy) is 2. The van der Waals surface area contributed by atoms with Gasteiger partial charge in [-0.05, 0) is 37.1 Å². The highest BCUT2D eigenvalue weighted by molar-refractivity contribution is 6.04. The molecule has 150 valence electrons. The summed E-state index contributed by atoms with van der Waals surface area (Å²) in [7, 11) is 4.84. The average molecular weight is 384 g/mol. The summed E-state index contributed by atoms with van der Waals surface area (Å²) in [6.45, 7) is 4.02. The molecule has 0 aromatic heterocycles. The summed E-state index contributed by atoms with van der Waals surface area (Å²) in [5.74, 6) is 0.649. The van der Waals surface area contributed by atoms with Gasteiger partial charge in [-0.25, -0.2) is 0 Å². The summed E-state index contributed by atoms with van der Waals surface area (Å²) in [5.41, 5.74) is 0.687. The summed E-state index contributed by atoms with van der Waals surface area (Å²) < 4.78 is 10.5. The maximum Gasteiger partial charge on any atom is 0.237 e. The zero-order valence-electron chi connectivity index (χ0n) is 17.1. The first-order valence-corrected chi connectivity index (χ1v) is 9.08. The Morgan fingerprint density at radius 1 is 0.964 bits per heavy atom. The van der Waals surface area contributed by atoms with E-state index in [2.05, 4.69) is 5.32 Å². The monoisotopic (exact) mass is 384 g/mol. The lowest BCUT2D eigenvalue weighted by Gasteiger charge is -2.28. The zero-order valence-corrected chi connectivity index (χ0v) is 17.1. The Kier molecular flexibility index (Phi) is 7.04. The van der Waals surface area contributed by atoms with E-state index in [0.29, 0.717) is 18.0 Å². The van der Waals surface area contributed by atoms with Gasteiger partial charge in [-0.3, -0.25) is 9.59 Å². The number of amides is 2. The Bertz CT molecular complexity index is 819. The topological polar surface area (TPSA) is 67.9 Å². The van der Waals surface area contributed by atoms with Crippen molar-refractivity contribution in [1.82, 2.24) is 10.2 Å². The molecule has 0 aliphatic carbocycles. The van der Waals surface area contributed by atoms with Crippen molar-refractivity contribution in [2.45, 2.75) is 26.9 Å². The number of hydrogen-bond acceptors (Lipinski definition) is 4. The van der Waals surface area contributed by atoms with Crippen molar-refractivity contribution in [2.75, 3.05) is 21.3 Å². The van der Waals surface area contributed by atoms with Crippen LogP contribution in [0.1, 0.15) is 25.0 Å². The Hall–Kier alpha value is -3.02. The van der Waals surface area contributed by atoms with Crippen molar-refractivity contribution in [3.8, 4) is 11.5 Å². The molecule has 0 saturated carbocycles. The molecule has 0 bridgehead atoms. The summed E-state index contributed by atoms with van der Waals surface area (Å²) in [6.07, 6.45) is 0. The maximum atomic E-state index is 12.8. The quantitative estimate of drug-likeness (QED) is 0.711. The van der Waals surface area contributed by atoms with E-state index in [1.165, 1.54) is 0 Å². The molecule has 0 aliphatic rings. The standard InChI is InChI=1S/C22H28N2O4/c1-22(2,21(26)24(3)15-16-9-7-6-8-10-16)20(25)23-14-17-11-12-18(27-4)19(13-17)28-5/h6-13H,14-15H2,1-5H3,(H,23,25). The Balaban J connectivity index is 2.00. The average Bonchev–Trinajstić information content (AvgIpc) is 2.71. The molecule has 2 aromatic rings. The van der Waals surface area contributed by atoms with Crippen molar-refractivity contribution < 1.29 is 19.1 Å². The van der Waals surface area contributed by atoms with Crippen LogP contribution in [0.3, 0.4) is 0 Å². The van der Waals surface area contributed by atoms with Crippen molar-refractivity contribution in [1.29, 1.82) is 0 Å². The first-order chi connectivity index (χ1) is 13.3. The van der Waals surface area contributed by atoms with Gasteiger partial charge in [-0.15, -0.1) is 0 Å². The molecule has 1 N–H and O–H groups in total. The molecule has 0 fully saturated rings. The highest BCUT2D eigenvalue weighted by atomic mass is 16.5. The van der Waals surface area contributed by atoms with E-state index >= 15 is 0 Å². The number of rotatable bonds is 8. The summed E-state index contributed by atoms with van der Waals surface area (Å²) in [6, 6.07) is 15.1. The van der Waals surface area contributed by atoms with Gasteiger partial charge in [0.25, 0.3) is 0 Å². The van der Waals surface area contributed by atoms with Gasteiger partial charge in [-0.1, -0.05) is 36.4 Å². The van der Waals surface area contributed by atoms with E-state index < -0.39 is 5.41 Å². The molecule has 0 saturated heterocycles. The third kappa shape index (κ3) is 5.03. The van der Waals surface area contributed by atoms with Crippen LogP contribution >= 0.6 is 0 Å². The number of carbonyl (C=O) groups is 2. The number of nitrogens with one attached hydrogen (secondary N) is 1. The van der Waals surface area contributed by atoms with E-state index in [1.54, 1.807) is 52.1 Å². The van der Waals surface area contributed by atoms with Gasteiger partial charge in [0.2, 0.25) is 11.8 Å². The lowest BCUT2D eigenvalue weighted by Crippen LogP contribution is -2.48. The predicted octanol–water partition coefficient (Wildman–Crippen LogP) is 3.00. The number of methoxy groups -OCH3 is 2. The van der Waals surface area contributed by atoms with Crippen molar-refractivity contribution in [3.63, 3.8) is 0 Å². The highest BCUT2D eigenvalue weighted by Gasteiger charge is 2.38. The van der Waals surface area contributed by atoms with Crippen LogP contribution in [0.2, 0.25) is 0 Å². The van der Waals surface area contributed by atoms with Crippen LogP contribution in [0.4, 0.5) is 0 Å². The second-order valence-corrected chi connectivity index (χ2v) is 7.14. The molecule has 0 radical (unpaired) electrons. The molecule has 6 heteroatoms. The molecule has 0 spiro atoms. The summed E-state index contributed by atoms with van der Waals surface area (Å²) >= 11 is 0. The maximum absolute atomic E-state index is 12.8. The Morgan fingerprint density at radius 2 is 1.61 bits per heavy atom. The minimum absolute atomic E-state index is 0.235. The van der Waals surface area contributed by atoms with Crippen molar-refractivity contribution >= 4 is 11.8 Å². The Labute approximate surface area is 166 Å². The summed E-state index contributed by atoms with van der Waals surface area (Å²) in [5, 5.41) is 2.84. The van der Waals surface area contributed by atoms with Crippen LogP contribution in [0.25, 0.3) is 0 Å². The van der Waals surface area contributed by atoms with Crippen LogP contribution in [-0.4, -0.2) is 38.0 Å². The molecule has 6 nitrogen and oxygen atoms in total. The fourth-order valence-corrected chi connectivity index (χ4v) is 2.90. The molecule has 0 unspecified atom stereocenters. The molecule has 0 atom stereocenters. The van der Waals surface area contributed by atoms with E-state index in [1.807, 2.05) is 36.4 Å². The summed E-state index contributed by atoms with van der Waals surface area (Å²) in [4.78, 5) is 27.1. The first-order valence-electron chi connectivity index (χ1n) is 9.08. The largest absolute Gasteiger partial charge is 0.493 e. The van der Waals surface area contributed by atoms with Gasteiger partial charge < -0.3 is 19.7 Å². The predicted molar refractivity (Wildman–Crippen MR) is 108 cm³/mol. The normalized spacial score (nSPS) is 10.9. The molecule has 2 amide bonds. The fourth-order valence-electron chi connectivity index (χ4n) is 2.90. The molecule has 2 aromatic carbocycles. The molecule has 0 aliphatic heterocycles. The van der Waals surface area contributed by atoms with Crippen molar-refractivity contribution in [3.05, 3.63) is 59.7 Å². The van der Waals surface area contributed by atoms with E-state index in [9.17, 15) is 9.59 Å².